The van der Waals surface area contributed by atoms with Gasteiger partial charge in [0, 0.05) is 0 Å². The Bertz CT molecular complexity index is 493. The number of nitrogens with two attached hydrogens (primary N) is 1. The van der Waals surface area contributed by atoms with Gasteiger partial charge in [-0.1, -0.05) is 18.2 Å². The lowest BCUT2D eigenvalue weighted by Crippen LogP contribution is -2.22. The third-order valence-corrected chi connectivity index (χ3v) is 1.84. The molecule has 18 heavy (non-hydrogen) atoms. The zero-order valence-corrected chi connectivity index (χ0v) is 8.98. The summed E-state index contributed by atoms with van der Waals surface area (Å²) in [5, 5.41) is 8.75. The normalized spacial score (nSPS) is 13.5. The van der Waals surface area contributed by atoms with Crippen LogP contribution in [0.25, 0.3) is 0 Å². The molecule has 0 saturated carbocycles. The Hall–Kier alpha value is -2.31. The minimum absolute atomic E-state index is 0.223. The summed E-state index contributed by atoms with van der Waals surface area (Å²) in [5.41, 5.74) is 2.66. The highest BCUT2D eigenvalue weighted by molar-refractivity contribution is 6.41. The molecule has 0 aliphatic rings. The summed E-state index contributed by atoms with van der Waals surface area (Å²) >= 11 is 0. The second-order valence-electron chi connectivity index (χ2n) is 3.24. The van der Waals surface area contributed by atoms with Gasteiger partial charge in [0.2, 0.25) is 0 Å². The number of aliphatic carboxylic acids is 1. The first kappa shape index (κ1) is 13.8. The van der Waals surface area contributed by atoms with E-state index in [2.05, 4.69) is 4.99 Å². The highest BCUT2D eigenvalue weighted by atomic mass is 19.4. The van der Waals surface area contributed by atoms with Crippen LogP contribution in [0.1, 0.15) is 0 Å². The molecule has 3 N–H and O–H groups in total. The number of rotatable bonds is 3. The van der Waals surface area contributed by atoms with Crippen LogP contribution in [-0.4, -0.2) is 23.0 Å². The van der Waals surface area contributed by atoms with Crippen molar-refractivity contribution in [1.82, 2.24) is 0 Å². The predicted molar refractivity (Wildman–Crippen MR) is 59.5 cm³/mol. The number of hydrogen-bond acceptors (Lipinski definition) is 3. The van der Waals surface area contributed by atoms with E-state index in [0.29, 0.717) is 0 Å². The van der Waals surface area contributed by atoms with Gasteiger partial charge in [-0.25, -0.2) is 9.79 Å². The molecule has 0 spiro atoms. The zero-order valence-electron chi connectivity index (χ0n) is 8.98. The lowest BCUT2D eigenvalue weighted by molar-refractivity contribution is -0.129. The number of benzene rings is 1. The van der Waals surface area contributed by atoms with E-state index in [0.717, 1.165) is 0 Å². The van der Waals surface area contributed by atoms with Gasteiger partial charge in [0.25, 0.3) is 0 Å². The number of hydrogen-bond donors (Lipinski definition) is 2. The van der Waals surface area contributed by atoms with E-state index < -0.39 is 23.6 Å². The lowest BCUT2D eigenvalue weighted by atomic mass is 10.2. The van der Waals surface area contributed by atoms with Crippen molar-refractivity contribution in [2.45, 2.75) is 6.18 Å². The molecule has 1 aromatic rings. The van der Waals surface area contributed by atoms with Crippen LogP contribution >= 0.6 is 0 Å². The molecule has 1 aromatic carbocycles. The first-order chi connectivity index (χ1) is 8.30. The number of carboxylic acids is 1. The van der Waals surface area contributed by atoms with Crippen LogP contribution in [0.15, 0.2) is 47.1 Å². The molecule has 0 unspecified atom stereocenters. The third kappa shape index (κ3) is 3.93. The van der Waals surface area contributed by atoms with E-state index in [1.165, 1.54) is 12.1 Å². The molecule has 1 rings (SSSR count). The molecule has 0 saturated heterocycles. The maximum Gasteiger partial charge on any atom is 0.430 e. The number of halogens is 3. The number of alkyl halides is 3. The molecule has 0 aliphatic heterocycles. The summed E-state index contributed by atoms with van der Waals surface area (Å²) in [6.45, 7) is 0. The van der Waals surface area contributed by atoms with Crippen molar-refractivity contribution in [3.05, 3.63) is 42.1 Å². The summed E-state index contributed by atoms with van der Waals surface area (Å²) in [7, 11) is 0. The van der Waals surface area contributed by atoms with Crippen molar-refractivity contribution in [3.63, 3.8) is 0 Å². The maximum absolute atomic E-state index is 12.2. The number of carboxylic acid groups (broad SMARTS) is 1. The van der Waals surface area contributed by atoms with E-state index in [1.807, 2.05) is 0 Å². The highest BCUT2D eigenvalue weighted by Crippen LogP contribution is 2.21. The van der Waals surface area contributed by atoms with Gasteiger partial charge in [0.05, 0.1) is 5.69 Å². The van der Waals surface area contributed by atoms with E-state index in [4.69, 9.17) is 10.8 Å². The molecule has 96 valence electrons. The first-order valence-corrected chi connectivity index (χ1v) is 4.72. The van der Waals surface area contributed by atoms with Crippen LogP contribution in [0.2, 0.25) is 0 Å². The van der Waals surface area contributed by atoms with Crippen molar-refractivity contribution in [3.8, 4) is 0 Å². The van der Waals surface area contributed by atoms with Crippen LogP contribution in [0.3, 0.4) is 0 Å². The zero-order chi connectivity index (χ0) is 13.8. The summed E-state index contributed by atoms with van der Waals surface area (Å²) in [4.78, 5) is 14.3. The molecule has 0 heterocycles. The molecular weight excluding hydrogens is 249 g/mol. The van der Waals surface area contributed by atoms with Crippen molar-refractivity contribution in [2.75, 3.05) is 0 Å². The largest absolute Gasteiger partial charge is 0.477 e. The highest BCUT2D eigenvalue weighted by Gasteiger charge is 2.32. The lowest BCUT2D eigenvalue weighted by Gasteiger charge is -2.05. The van der Waals surface area contributed by atoms with Crippen molar-refractivity contribution in [1.29, 1.82) is 0 Å². The Kier molecular flexibility index (Phi) is 4.09. The van der Waals surface area contributed by atoms with E-state index in [1.54, 1.807) is 18.2 Å². The van der Waals surface area contributed by atoms with Gasteiger partial charge >= 0.3 is 12.1 Å². The minimum atomic E-state index is -4.78. The van der Waals surface area contributed by atoms with Crippen LogP contribution in [0.4, 0.5) is 18.9 Å². The van der Waals surface area contributed by atoms with E-state index >= 15 is 0 Å². The van der Waals surface area contributed by atoms with Crippen LogP contribution in [0, 0.1) is 0 Å². The Morgan fingerprint density at radius 2 is 1.83 bits per heavy atom. The van der Waals surface area contributed by atoms with Gasteiger partial charge in [0.1, 0.15) is 5.70 Å². The van der Waals surface area contributed by atoms with Crippen LogP contribution in [-0.2, 0) is 4.79 Å². The fraction of sp³-hybridized carbons (Fsp3) is 0.0909. The fourth-order valence-electron chi connectivity index (χ4n) is 1.01. The number of aliphatic imine (C=N–C) groups is 1. The SMILES string of the molecule is NC(=CC(=Nc1ccccc1)C(=O)O)C(F)(F)F. The fourth-order valence-corrected chi connectivity index (χ4v) is 1.01. The standard InChI is InChI=1S/C11H9F3N2O2/c12-11(13,14)9(15)6-8(10(17)18)16-7-4-2-1-3-5-7/h1-6H,15H2,(H,17,18). The summed E-state index contributed by atoms with van der Waals surface area (Å²) in [6, 6.07) is 7.74. The predicted octanol–water partition coefficient (Wildman–Crippen LogP) is 2.25. The number of allylic oxidation sites excluding steroid dienone is 1. The third-order valence-electron chi connectivity index (χ3n) is 1.84. The maximum atomic E-state index is 12.2. The molecular formula is C11H9F3N2O2. The molecule has 0 aromatic heterocycles. The van der Waals surface area contributed by atoms with Gasteiger partial charge < -0.3 is 10.8 Å². The molecule has 0 aliphatic carbocycles. The second-order valence-corrected chi connectivity index (χ2v) is 3.24. The summed E-state index contributed by atoms with van der Waals surface area (Å²) < 4.78 is 36.5. The van der Waals surface area contributed by atoms with Crippen LogP contribution in [0.5, 0.6) is 0 Å². The first-order valence-electron chi connectivity index (χ1n) is 4.72. The van der Waals surface area contributed by atoms with Gasteiger partial charge in [0.15, 0.2) is 5.71 Å². The smallest absolute Gasteiger partial charge is 0.430 e. The van der Waals surface area contributed by atoms with Gasteiger partial charge in [-0.3, -0.25) is 0 Å². The molecule has 0 radical (unpaired) electrons. The average Bonchev–Trinajstić information content (AvgIpc) is 2.28. The molecule has 4 nitrogen and oxygen atoms in total. The molecule has 0 atom stereocenters. The van der Waals surface area contributed by atoms with Gasteiger partial charge in [-0.05, 0) is 18.2 Å². The molecule has 7 heteroatoms. The van der Waals surface area contributed by atoms with E-state index in [9.17, 15) is 18.0 Å². The van der Waals surface area contributed by atoms with Crippen molar-refractivity contribution < 1.29 is 23.1 Å². The topological polar surface area (TPSA) is 75.7 Å². The second kappa shape index (κ2) is 5.35. The van der Waals surface area contributed by atoms with Gasteiger partial charge in [-0.2, -0.15) is 13.2 Å². The summed E-state index contributed by atoms with van der Waals surface area (Å²) in [5.74, 6) is -1.59. The summed E-state index contributed by atoms with van der Waals surface area (Å²) in [6.07, 6.45) is -4.50. The van der Waals surface area contributed by atoms with Gasteiger partial charge in [-0.15, -0.1) is 0 Å². The number of para-hydroxylation sites is 1. The average molecular weight is 258 g/mol. The Morgan fingerprint density at radius 1 is 1.28 bits per heavy atom. The molecule has 0 amide bonds. The minimum Gasteiger partial charge on any atom is -0.477 e. The Balaban J connectivity index is 3.13. The van der Waals surface area contributed by atoms with Crippen LogP contribution < -0.4 is 5.73 Å². The number of carbonyl (C=O) groups is 1. The van der Waals surface area contributed by atoms with Crippen molar-refractivity contribution in [2.24, 2.45) is 10.7 Å². The quantitative estimate of drug-likeness (QED) is 0.816. The Labute approximate surface area is 100 Å². The monoisotopic (exact) mass is 258 g/mol. The number of nitrogens with zero attached hydrogens (tertiary/aromatic N) is 1. The van der Waals surface area contributed by atoms with E-state index in [-0.39, 0.29) is 11.8 Å². The molecule has 0 fully saturated rings. The Morgan fingerprint density at radius 3 is 2.28 bits per heavy atom. The molecule has 0 bridgehead atoms. The van der Waals surface area contributed by atoms with Crippen molar-refractivity contribution >= 4 is 17.4 Å².